The Labute approximate surface area is 71.5 Å². The summed E-state index contributed by atoms with van der Waals surface area (Å²) < 4.78 is 0. The fourth-order valence-electron chi connectivity index (χ4n) is 3.01. The molecular formula is C10H19P. The summed E-state index contributed by atoms with van der Waals surface area (Å²) >= 11 is 0. The second-order valence-electron chi connectivity index (χ2n) is 5.04. The highest BCUT2D eigenvalue weighted by Crippen LogP contribution is 2.70. The predicted molar refractivity (Wildman–Crippen MR) is 52.7 cm³/mol. The van der Waals surface area contributed by atoms with Crippen LogP contribution in [-0.2, 0) is 0 Å². The van der Waals surface area contributed by atoms with Crippen LogP contribution in [0.3, 0.4) is 0 Å². The van der Waals surface area contributed by atoms with E-state index in [9.17, 15) is 0 Å². The second kappa shape index (κ2) is 2.46. The highest BCUT2D eigenvalue weighted by atomic mass is 31.1. The molecule has 2 rings (SSSR count). The Balaban J connectivity index is 2.16. The van der Waals surface area contributed by atoms with Crippen molar-refractivity contribution in [2.75, 3.05) is 0 Å². The van der Waals surface area contributed by atoms with Gasteiger partial charge in [0.15, 0.2) is 0 Å². The summed E-state index contributed by atoms with van der Waals surface area (Å²) in [7, 11) is 0.403. The minimum atomic E-state index is 0.403. The molecule has 0 unspecified atom stereocenters. The van der Waals surface area contributed by atoms with Crippen LogP contribution in [0.25, 0.3) is 0 Å². The van der Waals surface area contributed by atoms with Crippen molar-refractivity contribution in [3.05, 3.63) is 0 Å². The molecular weight excluding hydrogens is 151 g/mol. The molecule has 2 heterocycles. The number of hydrogen-bond donors (Lipinski definition) is 0. The molecule has 11 heavy (non-hydrogen) atoms. The molecule has 0 saturated carbocycles. The normalized spacial score (nSPS) is 43.4. The van der Waals surface area contributed by atoms with Gasteiger partial charge in [-0.3, -0.25) is 0 Å². The van der Waals surface area contributed by atoms with Crippen LogP contribution < -0.4 is 0 Å². The summed E-state index contributed by atoms with van der Waals surface area (Å²) in [6, 6.07) is 0. The van der Waals surface area contributed by atoms with Gasteiger partial charge in [0, 0.05) is 0 Å². The van der Waals surface area contributed by atoms with E-state index in [-0.39, 0.29) is 0 Å². The Morgan fingerprint density at radius 2 is 1.27 bits per heavy atom. The van der Waals surface area contributed by atoms with E-state index in [4.69, 9.17) is 0 Å². The van der Waals surface area contributed by atoms with Crippen molar-refractivity contribution >= 4 is 7.92 Å². The lowest BCUT2D eigenvalue weighted by atomic mass is 10.0. The maximum Gasteiger partial charge on any atom is -0.0174 e. The topological polar surface area (TPSA) is 0 Å². The standard InChI is InChI=1S/C10H19P/c1-10(2,3)11-8-4-5-9(11)7-6-8/h8-9H,4-7H2,1-3H3. The molecule has 0 spiro atoms. The van der Waals surface area contributed by atoms with Gasteiger partial charge in [-0.1, -0.05) is 28.7 Å². The van der Waals surface area contributed by atoms with E-state index in [1.54, 1.807) is 25.7 Å². The minimum absolute atomic E-state index is 0.403. The van der Waals surface area contributed by atoms with Crippen LogP contribution in [0.15, 0.2) is 0 Å². The summed E-state index contributed by atoms with van der Waals surface area (Å²) in [4.78, 5) is 0. The molecule has 2 aliphatic rings. The summed E-state index contributed by atoms with van der Waals surface area (Å²) in [6.45, 7) is 7.36. The molecule has 0 aromatic rings. The molecule has 0 N–H and O–H groups in total. The maximum atomic E-state index is 2.45. The molecule has 2 saturated heterocycles. The van der Waals surface area contributed by atoms with Crippen LogP contribution in [0, 0.1) is 0 Å². The van der Waals surface area contributed by atoms with E-state index in [0.29, 0.717) is 13.1 Å². The zero-order valence-electron chi connectivity index (χ0n) is 7.93. The van der Waals surface area contributed by atoms with Gasteiger partial charge < -0.3 is 0 Å². The monoisotopic (exact) mass is 170 g/mol. The van der Waals surface area contributed by atoms with E-state index in [1.165, 1.54) is 0 Å². The average molecular weight is 170 g/mol. The summed E-state index contributed by atoms with van der Waals surface area (Å²) in [5.74, 6) is 0. The molecule has 0 radical (unpaired) electrons. The predicted octanol–water partition coefficient (Wildman–Crippen LogP) is 3.59. The molecule has 0 atom stereocenters. The fraction of sp³-hybridized carbons (Fsp3) is 1.00. The van der Waals surface area contributed by atoms with Gasteiger partial charge in [0.25, 0.3) is 0 Å². The minimum Gasteiger partial charge on any atom is -0.0948 e. The molecule has 0 amide bonds. The molecule has 2 fully saturated rings. The van der Waals surface area contributed by atoms with Crippen molar-refractivity contribution < 1.29 is 0 Å². The van der Waals surface area contributed by atoms with E-state index in [2.05, 4.69) is 20.8 Å². The first-order valence-corrected chi connectivity index (χ1v) is 6.35. The van der Waals surface area contributed by atoms with Crippen LogP contribution in [0.2, 0.25) is 0 Å². The quantitative estimate of drug-likeness (QED) is 0.487. The van der Waals surface area contributed by atoms with Gasteiger partial charge in [-0.25, -0.2) is 0 Å². The number of fused-ring (bicyclic) bond motifs is 2. The zero-order chi connectivity index (χ0) is 8.06. The Kier molecular flexibility index (Phi) is 1.80. The lowest BCUT2D eigenvalue weighted by Gasteiger charge is -2.31. The smallest absolute Gasteiger partial charge is 0.0174 e. The lowest BCUT2D eigenvalue weighted by molar-refractivity contribution is 0.576. The van der Waals surface area contributed by atoms with Crippen LogP contribution in [0.1, 0.15) is 46.5 Å². The molecule has 2 bridgehead atoms. The van der Waals surface area contributed by atoms with Crippen molar-refractivity contribution in [3.8, 4) is 0 Å². The molecule has 2 aliphatic heterocycles. The van der Waals surface area contributed by atoms with E-state index in [0.717, 1.165) is 11.3 Å². The average Bonchev–Trinajstić information content (AvgIpc) is 2.40. The van der Waals surface area contributed by atoms with E-state index >= 15 is 0 Å². The van der Waals surface area contributed by atoms with E-state index < -0.39 is 0 Å². The first-order chi connectivity index (χ1) is 5.09. The molecule has 0 nitrogen and oxygen atoms in total. The summed E-state index contributed by atoms with van der Waals surface area (Å²) in [5, 5.41) is 0.650. The van der Waals surface area contributed by atoms with E-state index in [1.807, 2.05) is 0 Å². The molecule has 0 aromatic heterocycles. The largest absolute Gasteiger partial charge is 0.0948 e. The first kappa shape index (κ1) is 8.05. The van der Waals surface area contributed by atoms with Crippen LogP contribution >= 0.6 is 7.92 Å². The van der Waals surface area contributed by atoms with Crippen LogP contribution in [0.4, 0.5) is 0 Å². The van der Waals surface area contributed by atoms with Gasteiger partial charge in [-0.2, -0.15) is 0 Å². The number of hydrogen-bond acceptors (Lipinski definition) is 0. The molecule has 0 aromatic carbocycles. The van der Waals surface area contributed by atoms with Gasteiger partial charge in [0.1, 0.15) is 0 Å². The maximum absolute atomic E-state index is 2.45. The third-order valence-corrected chi connectivity index (χ3v) is 7.38. The Morgan fingerprint density at radius 1 is 0.909 bits per heavy atom. The lowest BCUT2D eigenvalue weighted by Crippen LogP contribution is -2.16. The number of rotatable bonds is 0. The van der Waals surface area contributed by atoms with Crippen LogP contribution in [0.5, 0.6) is 0 Å². The highest BCUT2D eigenvalue weighted by Gasteiger charge is 2.46. The second-order valence-corrected chi connectivity index (χ2v) is 8.66. The van der Waals surface area contributed by atoms with Gasteiger partial charge in [0.05, 0.1) is 0 Å². The third-order valence-electron chi connectivity index (χ3n) is 3.23. The molecule has 64 valence electrons. The zero-order valence-corrected chi connectivity index (χ0v) is 8.82. The van der Waals surface area contributed by atoms with Crippen molar-refractivity contribution in [3.63, 3.8) is 0 Å². The highest BCUT2D eigenvalue weighted by molar-refractivity contribution is 7.61. The Bertz CT molecular complexity index is 137. The SMILES string of the molecule is CC(C)(C)P1C2CCC1CC2. The molecule has 1 heteroatoms. The van der Waals surface area contributed by atoms with Crippen molar-refractivity contribution in [2.45, 2.75) is 62.9 Å². The Morgan fingerprint density at radius 3 is 1.45 bits per heavy atom. The van der Waals surface area contributed by atoms with Gasteiger partial charge >= 0.3 is 0 Å². The van der Waals surface area contributed by atoms with Crippen LogP contribution in [-0.4, -0.2) is 16.5 Å². The molecule has 0 aliphatic carbocycles. The van der Waals surface area contributed by atoms with Gasteiger partial charge in [0.2, 0.25) is 0 Å². The fourth-order valence-corrected chi connectivity index (χ4v) is 7.50. The Hall–Kier alpha value is 0.430. The van der Waals surface area contributed by atoms with Crippen molar-refractivity contribution in [1.82, 2.24) is 0 Å². The summed E-state index contributed by atoms with van der Waals surface area (Å²) in [5.41, 5.74) is 2.32. The third kappa shape index (κ3) is 1.24. The first-order valence-electron chi connectivity index (χ1n) is 4.87. The summed E-state index contributed by atoms with van der Waals surface area (Å²) in [6.07, 6.45) is 6.25. The van der Waals surface area contributed by atoms with Gasteiger partial charge in [-0.05, 0) is 42.2 Å². The van der Waals surface area contributed by atoms with Crippen molar-refractivity contribution in [2.24, 2.45) is 0 Å². The van der Waals surface area contributed by atoms with Crippen molar-refractivity contribution in [1.29, 1.82) is 0 Å². The van der Waals surface area contributed by atoms with Gasteiger partial charge in [-0.15, -0.1) is 0 Å².